The maximum absolute atomic E-state index is 11.3. The molecule has 0 amide bonds. The standard InChI is InChI=1S/C6H10BrNO4S/c1-4(7)13(10,11)3-5-8-2-6(9)12-5/h4-5,8H,2-3H2,1H3. The second-order valence-electron chi connectivity index (χ2n) is 2.73. The van der Waals surface area contributed by atoms with E-state index in [1.165, 1.54) is 6.92 Å². The molecule has 1 heterocycles. The summed E-state index contributed by atoms with van der Waals surface area (Å²) in [5, 5.41) is 2.65. The Kier molecular flexibility index (Phi) is 3.31. The molecule has 0 aromatic rings. The topological polar surface area (TPSA) is 72.5 Å². The molecule has 1 aliphatic rings. The molecular weight excluding hydrogens is 262 g/mol. The number of hydrogen-bond donors (Lipinski definition) is 1. The highest BCUT2D eigenvalue weighted by atomic mass is 79.9. The molecule has 5 nitrogen and oxygen atoms in total. The zero-order valence-electron chi connectivity index (χ0n) is 6.99. The van der Waals surface area contributed by atoms with Gasteiger partial charge < -0.3 is 4.74 Å². The minimum absolute atomic E-state index is 0.0802. The van der Waals surface area contributed by atoms with Crippen LogP contribution in [-0.2, 0) is 19.4 Å². The van der Waals surface area contributed by atoms with Crippen LogP contribution in [0.4, 0.5) is 0 Å². The molecule has 0 aromatic heterocycles. The number of cyclic esters (lactones) is 1. The maximum Gasteiger partial charge on any atom is 0.321 e. The van der Waals surface area contributed by atoms with E-state index in [0.717, 1.165) is 0 Å². The Morgan fingerprint density at radius 2 is 2.38 bits per heavy atom. The van der Waals surface area contributed by atoms with E-state index in [-0.39, 0.29) is 12.3 Å². The maximum atomic E-state index is 11.3. The smallest absolute Gasteiger partial charge is 0.321 e. The number of nitrogens with one attached hydrogen (secondary N) is 1. The van der Waals surface area contributed by atoms with Gasteiger partial charge in [0, 0.05) is 0 Å². The molecule has 1 fully saturated rings. The minimum Gasteiger partial charge on any atom is -0.444 e. The number of carbonyl (C=O) groups is 1. The van der Waals surface area contributed by atoms with Crippen molar-refractivity contribution >= 4 is 31.7 Å². The van der Waals surface area contributed by atoms with Crippen LogP contribution in [0, 0.1) is 0 Å². The third-order valence-electron chi connectivity index (χ3n) is 1.63. The Morgan fingerprint density at radius 3 is 2.77 bits per heavy atom. The van der Waals surface area contributed by atoms with Gasteiger partial charge in [0.25, 0.3) is 0 Å². The van der Waals surface area contributed by atoms with Crippen LogP contribution >= 0.6 is 15.9 Å². The molecular formula is C6H10BrNO4S. The summed E-state index contributed by atoms with van der Waals surface area (Å²) in [5.41, 5.74) is 0. The lowest BCUT2D eigenvalue weighted by Gasteiger charge is -2.11. The third-order valence-corrected chi connectivity index (χ3v) is 5.09. The van der Waals surface area contributed by atoms with Gasteiger partial charge in [-0.1, -0.05) is 15.9 Å². The number of alkyl halides is 1. The van der Waals surface area contributed by atoms with Crippen LogP contribution < -0.4 is 5.32 Å². The number of carbonyl (C=O) groups excluding carboxylic acids is 1. The van der Waals surface area contributed by atoms with E-state index >= 15 is 0 Å². The second kappa shape index (κ2) is 3.93. The second-order valence-corrected chi connectivity index (χ2v) is 7.08. The molecule has 2 unspecified atom stereocenters. The van der Waals surface area contributed by atoms with Crippen molar-refractivity contribution in [1.82, 2.24) is 5.32 Å². The Morgan fingerprint density at radius 1 is 1.77 bits per heavy atom. The predicted octanol–water partition coefficient (Wildman–Crippen LogP) is -0.385. The van der Waals surface area contributed by atoms with Crippen LogP contribution in [-0.4, -0.2) is 37.1 Å². The lowest BCUT2D eigenvalue weighted by Crippen LogP contribution is -2.33. The van der Waals surface area contributed by atoms with Crippen molar-refractivity contribution in [1.29, 1.82) is 0 Å². The summed E-state index contributed by atoms with van der Waals surface area (Å²) in [6.45, 7) is 1.60. The molecule has 13 heavy (non-hydrogen) atoms. The first-order valence-electron chi connectivity index (χ1n) is 3.70. The van der Waals surface area contributed by atoms with Crippen molar-refractivity contribution < 1.29 is 17.9 Å². The SMILES string of the molecule is CC(Br)S(=O)(=O)CC1NCC(=O)O1. The molecule has 7 heteroatoms. The molecule has 0 aliphatic carbocycles. The Hall–Kier alpha value is -0.140. The average Bonchev–Trinajstić information content (AvgIpc) is 2.34. The normalized spacial score (nSPS) is 25.7. The van der Waals surface area contributed by atoms with Crippen molar-refractivity contribution in [2.24, 2.45) is 0 Å². The van der Waals surface area contributed by atoms with E-state index in [1.807, 2.05) is 0 Å². The Balaban J connectivity index is 2.55. The van der Waals surface area contributed by atoms with Gasteiger partial charge in [0.05, 0.1) is 6.54 Å². The van der Waals surface area contributed by atoms with E-state index in [9.17, 15) is 13.2 Å². The molecule has 0 aromatic carbocycles. The van der Waals surface area contributed by atoms with E-state index < -0.39 is 26.2 Å². The summed E-state index contributed by atoms with van der Waals surface area (Å²) in [7, 11) is -3.23. The van der Waals surface area contributed by atoms with Gasteiger partial charge in [-0.25, -0.2) is 8.42 Å². The quantitative estimate of drug-likeness (QED) is 0.560. The summed E-state index contributed by atoms with van der Waals surface area (Å²) in [6, 6.07) is 0. The molecule has 1 saturated heterocycles. The van der Waals surface area contributed by atoms with Gasteiger partial charge in [-0.15, -0.1) is 0 Å². The summed E-state index contributed by atoms with van der Waals surface area (Å²) in [5.74, 6) is -0.604. The lowest BCUT2D eigenvalue weighted by atomic mass is 10.6. The molecule has 1 aliphatic heterocycles. The Bertz CT molecular complexity index is 300. The van der Waals surface area contributed by atoms with Crippen molar-refractivity contribution in [2.45, 2.75) is 17.3 Å². The van der Waals surface area contributed by atoms with Gasteiger partial charge in [-0.05, 0) is 6.92 Å². The number of rotatable bonds is 3. The number of hydrogen-bond acceptors (Lipinski definition) is 5. The fourth-order valence-corrected chi connectivity index (χ4v) is 2.21. The number of esters is 1. The van der Waals surface area contributed by atoms with E-state index in [2.05, 4.69) is 21.2 Å². The molecule has 0 bridgehead atoms. The van der Waals surface area contributed by atoms with Crippen LogP contribution in [0.2, 0.25) is 0 Å². The predicted molar refractivity (Wildman–Crippen MR) is 50.1 cm³/mol. The number of sulfone groups is 1. The summed E-state index contributed by atoms with van der Waals surface area (Å²) in [4.78, 5) is 10.6. The molecule has 1 rings (SSSR count). The first-order valence-corrected chi connectivity index (χ1v) is 6.33. The first-order chi connectivity index (χ1) is 5.92. The zero-order chi connectivity index (χ0) is 10.1. The van der Waals surface area contributed by atoms with E-state index in [0.29, 0.717) is 0 Å². The first kappa shape index (κ1) is 10.9. The van der Waals surface area contributed by atoms with Gasteiger partial charge in [0.2, 0.25) is 0 Å². The van der Waals surface area contributed by atoms with Gasteiger partial charge in [-0.2, -0.15) is 0 Å². The van der Waals surface area contributed by atoms with Crippen LogP contribution in [0.15, 0.2) is 0 Å². The number of halogens is 1. The highest BCUT2D eigenvalue weighted by Crippen LogP contribution is 2.12. The van der Waals surface area contributed by atoms with Crippen LogP contribution in [0.25, 0.3) is 0 Å². The van der Waals surface area contributed by atoms with Crippen LogP contribution in [0.5, 0.6) is 0 Å². The van der Waals surface area contributed by atoms with Crippen LogP contribution in [0.3, 0.4) is 0 Å². The van der Waals surface area contributed by atoms with Gasteiger partial charge in [0.1, 0.15) is 9.91 Å². The molecule has 1 N–H and O–H groups in total. The monoisotopic (exact) mass is 271 g/mol. The van der Waals surface area contributed by atoms with Crippen LogP contribution in [0.1, 0.15) is 6.92 Å². The van der Waals surface area contributed by atoms with Gasteiger partial charge in [0.15, 0.2) is 16.1 Å². The highest BCUT2D eigenvalue weighted by Gasteiger charge is 2.29. The van der Waals surface area contributed by atoms with Crippen molar-refractivity contribution in [3.05, 3.63) is 0 Å². The zero-order valence-corrected chi connectivity index (χ0v) is 9.39. The van der Waals surface area contributed by atoms with E-state index in [4.69, 9.17) is 4.74 Å². The van der Waals surface area contributed by atoms with Crippen molar-refractivity contribution in [2.75, 3.05) is 12.3 Å². The molecule has 2 atom stereocenters. The number of ether oxygens (including phenoxy) is 1. The molecule has 76 valence electrons. The average molecular weight is 272 g/mol. The summed E-state index contributed by atoms with van der Waals surface area (Å²) < 4.78 is 26.7. The van der Waals surface area contributed by atoms with Gasteiger partial charge >= 0.3 is 5.97 Å². The van der Waals surface area contributed by atoms with Crippen molar-refractivity contribution in [3.63, 3.8) is 0 Å². The van der Waals surface area contributed by atoms with Crippen molar-refractivity contribution in [3.8, 4) is 0 Å². The fourth-order valence-electron chi connectivity index (χ4n) is 0.876. The molecule has 0 radical (unpaired) electrons. The lowest BCUT2D eigenvalue weighted by molar-refractivity contribution is -0.139. The third kappa shape index (κ3) is 2.92. The molecule has 0 spiro atoms. The minimum atomic E-state index is -3.23. The highest BCUT2D eigenvalue weighted by molar-refractivity contribution is 9.11. The van der Waals surface area contributed by atoms with E-state index in [1.54, 1.807) is 0 Å². The molecule has 0 saturated carbocycles. The summed E-state index contributed by atoms with van der Waals surface area (Å²) in [6.07, 6.45) is -0.697. The fraction of sp³-hybridized carbons (Fsp3) is 0.833. The Labute approximate surface area is 84.9 Å². The van der Waals surface area contributed by atoms with Gasteiger partial charge in [-0.3, -0.25) is 10.1 Å². The largest absolute Gasteiger partial charge is 0.444 e. The summed E-state index contributed by atoms with van der Waals surface area (Å²) >= 11 is 2.96.